The fourth-order valence-corrected chi connectivity index (χ4v) is 4.08. The highest BCUT2D eigenvalue weighted by Gasteiger charge is 2.39. The molecule has 2 amide bonds. The van der Waals surface area contributed by atoms with Crippen LogP contribution in [0.3, 0.4) is 0 Å². The molecule has 2 heterocycles. The summed E-state index contributed by atoms with van der Waals surface area (Å²) < 4.78 is 30.3. The second kappa shape index (κ2) is 9.01. The number of hydrogen-bond donors (Lipinski definition) is 1. The number of morpholine rings is 1. The lowest BCUT2D eigenvalue weighted by Gasteiger charge is -2.29. The summed E-state index contributed by atoms with van der Waals surface area (Å²) in [6.45, 7) is 3.09. The van der Waals surface area contributed by atoms with Gasteiger partial charge in [0, 0.05) is 29.4 Å². The second-order valence-electron chi connectivity index (χ2n) is 6.99. The van der Waals surface area contributed by atoms with Crippen LogP contribution in [0, 0.1) is 0 Å². The Morgan fingerprint density at radius 3 is 2.23 bits per heavy atom. The Bertz CT molecular complexity index is 903. The fourth-order valence-electron chi connectivity index (χ4n) is 3.58. The zero-order chi connectivity index (χ0) is 21.1. The molecule has 0 spiro atoms. The molecule has 2 saturated heterocycles. The number of nitrogens with one attached hydrogen (secondary N) is 1. The minimum atomic E-state index is -2.52. The van der Waals surface area contributed by atoms with Crippen LogP contribution in [0.25, 0.3) is 0 Å². The van der Waals surface area contributed by atoms with E-state index in [9.17, 15) is 18.4 Å². The number of ether oxygens (including phenoxy) is 1. The average Bonchev–Trinajstić information content (AvgIpc) is 3.02. The number of alkyl halides is 2. The molecule has 2 aromatic rings. The second-order valence-corrected chi connectivity index (χ2v) is 8.05. The Labute approximate surface area is 177 Å². The van der Waals surface area contributed by atoms with Crippen LogP contribution in [0.1, 0.15) is 6.42 Å². The van der Waals surface area contributed by atoms with E-state index in [1.807, 2.05) is 24.3 Å². The van der Waals surface area contributed by atoms with E-state index >= 15 is 0 Å². The molecule has 0 aliphatic carbocycles. The number of nitrogens with zero attached hydrogens (tertiary/aromatic N) is 2. The standard InChI is InChI=1S/C21H21F2N3O3S/c22-21(23)30-17-7-5-16(6-8-17)26-19(27)13-18(20(26)28)24-14-1-3-15(4-2-14)25-9-11-29-12-10-25/h1-8,18,21,24H,9-13H2. The maximum atomic E-state index is 12.8. The highest BCUT2D eigenvalue weighted by molar-refractivity contribution is 7.99. The van der Waals surface area contributed by atoms with Gasteiger partial charge in [0.25, 0.3) is 11.7 Å². The number of hydrogen-bond acceptors (Lipinski definition) is 6. The predicted octanol–water partition coefficient (Wildman–Crippen LogP) is 3.58. The number of benzene rings is 2. The van der Waals surface area contributed by atoms with Crippen LogP contribution < -0.4 is 15.1 Å². The van der Waals surface area contributed by atoms with Crippen molar-refractivity contribution in [3.05, 3.63) is 48.5 Å². The molecule has 0 aromatic heterocycles. The topological polar surface area (TPSA) is 61.9 Å². The van der Waals surface area contributed by atoms with Crippen LogP contribution in [-0.2, 0) is 14.3 Å². The molecule has 6 nitrogen and oxygen atoms in total. The summed E-state index contributed by atoms with van der Waals surface area (Å²) in [7, 11) is 0. The average molecular weight is 433 g/mol. The molecule has 1 atom stereocenters. The van der Waals surface area contributed by atoms with E-state index in [4.69, 9.17) is 4.74 Å². The Morgan fingerprint density at radius 2 is 1.60 bits per heavy atom. The van der Waals surface area contributed by atoms with Crippen LogP contribution >= 0.6 is 11.8 Å². The molecule has 2 aromatic carbocycles. The van der Waals surface area contributed by atoms with Gasteiger partial charge in [-0.2, -0.15) is 8.78 Å². The maximum Gasteiger partial charge on any atom is 0.288 e. The van der Waals surface area contributed by atoms with Crippen molar-refractivity contribution < 1.29 is 23.1 Å². The lowest BCUT2D eigenvalue weighted by Crippen LogP contribution is -2.36. The number of halogens is 2. The van der Waals surface area contributed by atoms with E-state index in [1.165, 1.54) is 24.3 Å². The van der Waals surface area contributed by atoms with Gasteiger partial charge in [-0.25, -0.2) is 4.90 Å². The molecule has 1 unspecified atom stereocenters. The third-order valence-electron chi connectivity index (χ3n) is 5.05. The first kappa shape index (κ1) is 20.6. The van der Waals surface area contributed by atoms with E-state index in [1.54, 1.807) is 0 Å². The van der Waals surface area contributed by atoms with Gasteiger partial charge in [-0.3, -0.25) is 9.59 Å². The molecule has 0 bridgehead atoms. The monoisotopic (exact) mass is 433 g/mol. The van der Waals surface area contributed by atoms with Gasteiger partial charge in [0.15, 0.2) is 0 Å². The van der Waals surface area contributed by atoms with E-state index in [0.717, 1.165) is 29.4 Å². The van der Waals surface area contributed by atoms with Gasteiger partial charge in [0.1, 0.15) is 6.04 Å². The molecule has 2 aliphatic heterocycles. The van der Waals surface area contributed by atoms with Crippen molar-refractivity contribution in [2.24, 2.45) is 0 Å². The minimum absolute atomic E-state index is 0.0393. The highest BCUT2D eigenvalue weighted by atomic mass is 32.2. The number of rotatable bonds is 6. The SMILES string of the molecule is O=C1CC(Nc2ccc(N3CCOCC3)cc2)C(=O)N1c1ccc(SC(F)F)cc1. The Kier molecular flexibility index (Phi) is 6.19. The number of thioether (sulfide) groups is 1. The van der Waals surface area contributed by atoms with E-state index in [2.05, 4.69) is 10.2 Å². The normalized spacial score (nSPS) is 19.6. The van der Waals surface area contributed by atoms with Crippen molar-refractivity contribution in [3.63, 3.8) is 0 Å². The van der Waals surface area contributed by atoms with Gasteiger partial charge < -0.3 is 15.0 Å². The van der Waals surface area contributed by atoms with Crippen LogP contribution in [0.4, 0.5) is 25.8 Å². The van der Waals surface area contributed by atoms with Gasteiger partial charge in [-0.05, 0) is 48.5 Å². The van der Waals surface area contributed by atoms with Gasteiger partial charge in [0.2, 0.25) is 5.91 Å². The maximum absolute atomic E-state index is 12.8. The number of amides is 2. The van der Waals surface area contributed by atoms with Crippen molar-refractivity contribution in [2.45, 2.75) is 23.1 Å². The molecule has 158 valence electrons. The quantitative estimate of drug-likeness (QED) is 0.555. The molecule has 0 radical (unpaired) electrons. The van der Waals surface area contributed by atoms with E-state index in [0.29, 0.717) is 35.6 Å². The smallest absolute Gasteiger partial charge is 0.288 e. The number of carbonyl (C=O) groups excluding carboxylic acids is 2. The van der Waals surface area contributed by atoms with E-state index < -0.39 is 11.8 Å². The predicted molar refractivity (Wildman–Crippen MR) is 112 cm³/mol. The van der Waals surface area contributed by atoms with Crippen LogP contribution in [-0.4, -0.2) is 49.9 Å². The third kappa shape index (κ3) is 4.57. The van der Waals surface area contributed by atoms with Crippen molar-refractivity contribution in [3.8, 4) is 0 Å². The summed E-state index contributed by atoms with van der Waals surface area (Å²) in [5.41, 5.74) is 2.22. The number of imide groups is 1. The van der Waals surface area contributed by atoms with Gasteiger partial charge >= 0.3 is 0 Å². The summed E-state index contributed by atoms with van der Waals surface area (Å²) in [6, 6.07) is 13.1. The lowest BCUT2D eigenvalue weighted by molar-refractivity contribution is -0.121. The van der Waals surface area contributed by atoms with Crippen molar-refractivity contribution >= 4 is 40.6 Å². The molecule has 4 rings (SSSR count). The zero-order valence-corrected chi connectivity index (χ0v) is 16.9. The highest BCUT2D eigenvalue weighted by Crippen LogP contribution is 2.30. The lowest BCUT2D eigenvalue weighted by atomic mass is 10.2. The van der Waals surface area contributed by atoms with Crippen molar-refractivity contribution in [1.82, 2.24) is 0 Å². The third-order valence-corrected chi connectivity index (χ3v) is 5.77. The molecule has 1 N–H and O–H groups in total. The van der Waals surface area contributed by atoms with Crippen molar-refractivity contribution in [2.75, 3.05) is 41.4 Å². The molecule has 30 heavy (non-hydrogen) atoms. The summed E-state index contributed by atoms with van der Waals surface area (Å²) in [5.74, 6) is -3.20. The van der Waals surface area contributed by atoms with E-state index in [-0.39, 0.29) is 18.2 Å². The van der Waals surface area contributed by atoms with Gasteiger partial charge in [0.05, 0.1) is 25.3 Å². The number of anilines is 3. The van der Waals surface area contributed by atoms with Crippen molar-refractivity contribution in [1.29, 1.82) is 0 Å². The Balaban J connectivity index is 1.41. The summed E-state index contributed by atoms with van der Waals surface area (Å²) in [5, 5.41) is 3.13. The van der Waals surface area contributed by atoms with Gasteiger partial charge in [-0.15, -0.1) is 0 Å². The summed E-state index contributed by atoms with van der Waals surface area (Å²) in [4.78, 5) is 28.9. The minimum Gasteiger partial charge on any atom is -0.378 e. The largest absolute Gasteiger partial charge is 0.378 e. The first-order valence-corrected chi connectivity index (χ1v) is 10.5. The summed E-state index contributed by atoms with van der Waals surface area (Å²) in [6.07, 6.45) is 0.0393. The first-order chi connectivity index (χ1) is 14.5. The number of carbonyl (C=O) groups is 2. The molecular formula is C21H21F2N3O3S. The molecule has 9 heteroatoms. The molecule has 0 saturated carbocycles. The Morgan fingerprint density at radius 1 is 0.967 bits per heavy atom. The van der Waals surface area contributed by atoms with Gasteiger partial charge in [-0.1, -0.05) is 11.8 Å². The Hall–Kier alpha value is -2.65. The van der Waals surface area contributed by atoms with Crippen LogP contribution in [0.5, 0.6) is 0 Å². The fraction of sp³-hybridized carbons (Fsp3) is 0.333. The molecule has 2 aliphatic rings. The first-order valence-electron chi connectivity index (χ1n) is 9.62. The van der Waals surface area contributed by atoms with Crippen LogP contribution in [0.15, 0.2) is 53.4 Å². The molecular weight excluding hydrogens is 412 g/mol. The van der Waals surface area contributed by atoms with Crippen LogP contribution in [0.2, 0.25) is 0 Å². The zero-order valence-electron chi connectivity index (χ0n) is 16.1. The summed E-state index contributed by atoms with van der Waals surface area (Å²) >= 11 is 0.420. The molecule has 2 fully saturated rings.